The molecule has 0 atom stereocenters. The lowest BCUT2D eigenvalue weighted by Gasteiger charge is -2.11. The number of benzene rings is 1. The van der Waals surface area contributed by atoms with Gasteiger partial charge in [0.1, 0.15) is 11.6 Å². The molecular weight excluding hydrogens is 337 g/mol. The minimum atomic E-state index is -4.50. The van der Waals surface area contributed by atoms with E-state index in [2.05, 4.69) is 0 Å². The van der Waals surface area contributed by atoms with Crippen molar-refractivity contribution >= 4 is 18.0 Å². The second kappa shape index (κ2) is 6.92. The van der Waals surface area contributed by atoms with Gasteiger partial charge in [0.25, 0.3) is 5.91 Å². The van der Waals surface area contributed by atoms with Crippen molar-refractivity contribution < 1.29 is 22.8 Å². The number of nitrogens with zero attached hydrogens (tertiary/aromatic N) is 2. The van der Waals surface area contributed by atoms with Gasteiger partial charge in [0.2, 0.25) is 0 Å². The van der Waals surface area contributed by atoms with Crippen LogP contribution in [0.25, 0.3) is 11.8 Å². The summed E-state index contributed by atoms with van der Waals surface area (Å²) in [4.78, 5) is 22.4. The second-order valence-electron chi connectivity index (χ2n) is 4.84. The third-order valence-corrected chi connectivity index (χ3v) is 3.13. The number of hydrogen-bond donors (Lipinski definition) is 2. The Bertz CT molecular complexity index is 891. The van der Waals surface area contributed by atoms with Crippen molar-refractivity contribution in [1.82, 2.24) is 9.88 Å². The molecule has 3 amide bonds. The molecule has 25 heavy (non-hydrogen) atoms. The van der Waals surface area contributed by atoms with Crippen molar-refractivity contribution in [2.45, 2.75) is 6.18 Å². The van der Waals surface area contributed by atoms with Gasteiger partial charge in [0, 0.05) is 17.6 Å². The number of urea groups is 1. The van der Waals surface area contributed by atoms with E-state index in [0.717, 1.165) is 18.2 Å². The first kappa shape index (κ1) is 17.8. The Balaban J connectivity index is 2.44. The first-order valence-electron chi connectivity index (χ1n) is 6.80. The van der Waals surface area contributed by atoms with Gasteiger partial charge in [-0.15, -0.1) is 0 Å². The summed E-state index contributed by atoms with van der Waals surface area (Å²) in [6.07, 6.45) is -1.89. The van der Waals surface area contributed by atoms with E-state index < -0.39 is 29.3 Å². The Morgan fingerprint density at radius 1 is 1.24 bits per heavy atom. The standard InChI is InChI=1S/C16H11F3N4O2/c17-16(18,19)11-3-1-4-13(8-11)23-6-2-5-12(23)7-10(9-20)14(24)22-15(21)25/h1-8H,(H3,21,22,24,25)/b10-7-. The molecular formula is C16H11F3N4O2. The summed E-state index contributed by atoms with van der Waals surface area (Å²) in [5.41, 5.74) is 4.03. The Morgan fingerprint density at radius 2 is 1.96 bits per heavy atom. The highest BCUT2D eigenvalue weighted by molar-refractivity contribution is 6.08. The second-order valence-corrected chi connectivity index (χ2v) is 4.84. The van der Waals surface area contributed by atoms with Crippen LogP contribution in [-0.4, -0.2) is 16.5 Å². The number of nitrogens with one attached hydrogen (secondary N) is 1. The van der Waals surface area contributed by atoms with E-state index in [4.69, 9.17) is 11.0 Å². The fraction of sp³-hybridized carbons (Fsp3) is 0.0625. The molecule has 9 heteroatoms. The summed E-state index contributed by atoms with van der Waals surface area (Å²) in [5.74, 6) is -1.01. The summed E-state index contributed by atoms with van der Waals surface area (Å²) in [6.45, 7) is 0. The predicted octanol–water partition coefficient (Wildman–Crippen LogP) is 2.60. The molecule has 0 aliphatic heterocycles. The molecule has 0 aliphatic carbocycles. The van der Waals surface area contributed by atoms with Crippen molar-refractivity contribution in [1.29, 1.82) is 5.26 Å². The summed E-state index contributed by atoms with van der Waals surface area (Å²) in [5, 5.41) is 10.8. The van der Waals surface area contributed by atoms with E-state index in [0.29, 0.717) is 0 Å². The number of nitriles is 1. The highest BCUT2D eigenvalue weighted by Crippen LogP contribution is 2.30. The molecule has 0 spiro atoms. The zero-order valence-corrected chi connectivity index (χ0v) is 12.5. The summed E-state index contributed by atoms with van der Waals surface area (Å²) in [6, 6.07) is 8.08. The molecule has 6 nitrogen and oxygen atoms in total. The first-order chi connectivity index (χ1) is 11.7. The summed E-state index contributed by atoms with van der Waals surface area (Å²) in [7, 11) is 0. The largest absolute Gasteiger partial charge is 0.416 e. The maximum absolute atomic E-state index is 12.8. The van der Waals surface area contributed by atoms with Crippen LogP contribution in [0.2, 0.25) is 0 Å². The number of halogens is 3. The highest BCUT2D eigenvalue weighted by atomic mass is 19.4. The van der Waals surface area contributed by atoms with Crippen LogP contribution in [0.5, 0.6) is 0 Å². The maximum Gasteiger partial charge on any atom is 0.416 e. The number of alkyl halides is 3. The normalized spacial score (nSPS) is 11.7. The molecule has 0 radical (unpaired) electrons. The fourth-order valence-corrected chi connectivity index (χ4v) is 2.05. The smallest absolute Gasteiger partial charge is 0.351 e. The average molecular weight is 348 g/mol. The van der Waals surface area contributed by atoms with E-state index in [-0.39, 0.29) is 11.4 Å². The topological polar surface area (TPSA) is 101 Å². The van der Waals surface area contributed by atoms with E-state index >= 15 is 0 Å². The van der Waals surface area contributed by atoms with Crippen molar-refractivity contribution in [3.63, 3.8) is 0 Å². The number of hydrogen-bond acceptors (Lipinski definition) is 3. The van der Waals surface area contributed by atoms with Crippen molar-refractivity contribution in [3.05, 3.63) is 59.4 Å². The molecule has 0 saturated heterocycles. The quantitative estimate of drug-likeness (QED) is 0.658. The first-order valence-corrected chi connectivity index (χ1v) is 6.80. The maximum atomic E-state index is 12.8. The zero-order valence-electron chi connectivity index (χ0n) is 12.5. The van der Waals surface area contributed by atoms with Crippen LogP contribution in [-0.2, 0) is 11.0 Å². The molecule has 1 aromatic heterocycles. The Morgan fingerprint density at radius 3 is 2.56 bits per heavy atom. The Kier molecular flexibility index (Phi) is 4.93. The van der Waals surface area contributed by atoms with Crippen molar-refractivity contribution in [3.8, 4) is 11.8 Å². The number of amides is 3. The van der Waals surface area contributed by atoms with Gasteiger partial charge in [0.15, 0.2) is 0 Å². The van der Waals surface area contributed by atoms with E-state index in [1.807, 2.05) is 0 Å². The van der Waals surface area contributed by atoms with Gasteiger partial charge in [-0.25, -0.2) is 4.79 Å². The highest BCUT2D eigenvalue weighted by Gasteiger charge is 2.30. The van der Waals surface area contributed by atoms with Crippen LogP contribution in [0.3, 0.4) is 0 Å². The monoisotopic (exact) mass is 348 g/mol. The minimum absolute atomic E-state index is 0.193. The number of nitrogens with two attached hydrogens (primary N) is 1. The molecule has 3 N–H and O–H groups in total. The summed E-state index contributed by atoms with van der Waals surface area (Å²) >= 11 is 0. The molecule has 2 aromatic rings. The number of aromatic nitrogens is 1. The van der Waals surface area contributed by atoms with Gasteiger partial charge in [-0.2, -0.15) is 18.4 Å². The molecule has 1 aromatic carbocycles. The van der Waals surface area contributed by atoms with Crippen LogP contribution >= 0.6 is 0 Å². The molecule has 2 rings (SSSR count). The Hall–Kier alpha value is -3.54. The third-order valence-electron chi connectivity index (χ3n) is 3.13. The van der Waals surface area contributed by atoms with Gasteiger partial charge in [-0.3, -0.25) is 10.1 Å². The van der Waals surface area contributed by atoms with Crippen LogP contribution in [0.4, 0.5) is 18.0 Å². The molecule has 0 bridgehead atoms. The van der Waals surface area contributed by atoms with Crippen molar-refractivity contribution in [2.24, 2.45) is 5.73 Å². The van der Waals surface area contributed by atoms with Crippen molar-refractivity contribution in [2.75, 3.05) is 0 Å². The molecule has 0 aliphatic rings. The van der Waals surface area contributed by atoms with Gasteiger partial charge in [-0.1, -0.05) is 6.07 Å². The molecule has 0 fully saturated rings. The molecule has 128 valence electrons. The lowest BCUT2D eigenvalue weighted by atomic mass is 10.2. The number of rotatable bonds is 3. The SMILES string of the molecule is N#C/C(=C/c1cccn1-c1cccc(C(F)(F)F)c1)C(=O)NC(N)=O. The summed E-state index contributed by atoms with van der Waals surface area (Å²) < 4.78 is 39.9. The van der Waals surface area contributed by atoms with Crippen LogP contribution in [0, 0.1) is 11.3 Å². The fourth-order valence-electron chi connectivity index (χ4n) is 2.05. The third kappa shape index (κ3) is 4.26. The predicted molar refractivity (Wildman–Crippen MR) is 82.1 cm³/mol. The van der Waals surface area contributed by atoms with Gasteiger partial charge >= 0.3 is 12.2 Å². The number of imide groups is 1. The number of primary amides is 1. The molecule has 0 unspecified atom stereocenters. The van der Waals surface area contributed by atoms with E-state index in [1.165, 1.54) is 35.0 Å². The Labute approximate surface area is 140 Å². The van der Waals surface area contributed by atoms with E-state index in [9.17, 15) is 22.8 Å². The van der Waals surface area contributed by atoms with Crippen LogP contribution < -0.4 is 11.1 Å². The van der Waals surface area contributed by atoms with Crippen LogP contribution in [0.15, 0.2) is 48.2 Å². The zero-order chi connectivity index (χ0) is 18.6. The molecule has 0 saturated carbocycles. The van der Waals surface area contributed by atoms with Crippen LogP contribution in [0.1, 0.15) is 11.3 Å². The lowest BCUT2D eigenvalue weighted by Crippen LogP contribution is -2.35. The number of carbonyl (C=O) groups excluding carboxylic acids is 2. The number of carbonyl (C=O) groups is 2. The molecule has 1 heterocycles. The van der Waals surface area contributed by atoms with Gasteiger partial charge in [-0.05, 0) is 36.4 Å². The average Bonchev–Trinajstić information content (AvgIpc) is 2.99. The van der Waals surface area contributed by atoms with Gasteiger partial charge in [0.05, 0.1) is 5.56 Å². The lowest BCUT2D eigenvalue weighted by molar-refractivity contribution is -0.137. The van der Waals surface area contributed by atoms with E-state index in [1.54, 1.807) is 11.4 Å². The van der Waals surface area contributed by atoms with Gasteiger partial charge < -0.3 is 10.3 Å². The minimum Gasteiger partial charge on any atom is -0.351 e.